The first kappa shape index (κ1) is 16.3. The zero-order valence-electron chi connectivity index (χ0n) is 13.0. The van der Waals surface area contributed by atoms with E-state index in [-0.39, 0.29) is 11.4 Å². The summed E-state index contributed by atoms with van der Waals surface area (Å²) in [6.45, 7) is 8.77. The van der Waals surface area contributed by atoms with Crippen molar-refractivity contribution in [1.82, 2.24) is 20.4 Å². The zero-order chi connectivity index (χ0) is 15.3. The van der Waals surface area contributed by atoms with Crippen LogP contribution in [0.25, 0.3) is 0 Å². The fourth-order valence-electron chi connectivity index (χ4n) is 2.25. The molecule has 1 aromatic rings. The molecule has 2 heterocycles. The molecule has 7 heteroatoms. The van der Waals surface area contributed by atoms with Gasteiger partial charge in [0.1, 0.15) is 0 Å². The van der Waals surface area contributed by atoms with Gasteiger partial charge in [-0.3, -0.25) is 9.69 Å². The summed E-state index contributed by atoms with van der Waals surface area (Å²) in [7, 11) is 0. The molecule has 1 amide bonds. The maximum Gasteiger partial charge on any atom is 0.277 e. The molecule has 0 spiro atoms. The molecule has 21 heavy (non-hydrogen) atoms. The van der Waals surface area contributed by atoms with Gasteiger partial charge in [-0.05, 0) is 46.7 Å². The molecule has 1 fully saturated rings. The van der Waals surface area contributed by atoms with Gasteiger partial charge in [0.2, 0.25) is 11.8 Å². The minimum Gasteiger partial charge on any atom is -0.415 e. The zero-order valence-corrected chi connectivity index (χ0v) is 13.8. The lowest BCUT2D eigenvalue weighted by Crippen LogP contribution is -2.41. The van der Waals surface area contributed by atoms with E-state index in [2.05, 4.69) is 20.4 Å². The molecule has 1 saturated heterocycles. The van der Waals surface area contributed by atoms with Crippen molar-refractivity contribution in [3.63, 3.8) is 0 Å². The van der Waals surface area contributed by atoms with Gasteiger partial charge in [-0.15, -0.1) is 10.2 Å². The molecule has 0 atom stereocenters. The number of carbonyl (C=O) groups is 1. The maximum absolute atomic E-state index is 11.7. The number of thioether (sulfide) groups is 1. The number of hydrogen-bond acceptors (Lipinski definition) is 6. The maximum atomic E-state index is 11.7. The summed E-state index contributed by atoms with van der Waals surface area (Å²) >= 11 is 1.28. The molecule has 0 bridgehead atoms. The summed E-state index contributed by atoms with van der Waals surface area (Å²) in [6.07, 6.45) is 3.79. The van der Waals surface area contributed by atoms with Crippen LogP contribution in [0.15, 0.2) is 9.64 Å². The number of amides is 1. The van der Waals surface area contributed by atoms with Crippen molar-refractivity contribution in [2.24, 2.45) is 0 Å². The quantitative estimate of drug-likeness (QED) is 0.839. The van der Waals surface area contributed by atoms with Crippen LogP contribution in [-0.4, -0.2) is 45.4 Å². The summed E-state index contributed by atoms with van der Waals surface area (Å²) in [5.41, 5.74) is -0.216. The lowest BCUT2D eigenvalue weighted by molar-refractivity contribution is -0.119. The molecule has 0 radical (unpaired) electrons. The van der Waals surface area contributed by atoms with Crippen molar-refractivity contribution in [3.05, 3.63) is 5.89 Å². The summed E-state index contributed by atoms with van der Waals surface area (Å²) in [4.78, 5) is 14.1. The summed E-state index contributed by atoms with van der Waals surface area (Å²) in [6, 6.07) is 0. The van der Waals surface area contributed by atoms with E-state index >= 15 is 0 Å². The van der Waals surface area contributed by atoms with Gasteiger partial charge in [0.05, 0.1) is 12.3 Å². The van der Waals surface area contributed by atoms with Gasteiger partial charge in [0, 0.05) is 5.54 Å². The van der Waals surface area contributed by atoms with E-state index in [9.17, 15) is 4.79 Å². The SMILES string of the molecule is CC(C)(C)NC(=O)CSc1nnc(CN2CCCCC2)o1. The number of nitrogens with zero attached hydrogens (tertiary/aromatic N) is 3. The lowest BCUT2D eigenvalue weighted by Gasteiger charge is -2.24. The molecule has 1 N–H and O–H groups in total. The van der Waals surface area contributed by atoms with Gasteiger partial charge in [-0.1, -0.05) is 18.2 Å². The normalized spacial score (nSPS) is 16.9. The van der Waals surface area contributed by atoms with Crippen LogP contribution < -0.4 is 5.32 Å². The second kappa shape index (κ2) is 7.26. The minimum absolute atomic E-state index is 0.0247. The lowest BCUT2D eigenvalue weighted by atomic mass is 10.1. The van der Waals surface area contributed by atoms with Crippen molar-refractivity contribution < 1.29 is 9.21 Å². The Balaban J connectivity index is 1.76. The largest absolute Gasteiger partial charge is 0.415 e. The molecular weight excluding hydrogens is 288 g/mol. The summed E-state index contributed by atoms with van der Waals surface area (Å²) in [5, 5.41) is 11.4. The van der Waals surface area contributed by atoms with Gasteiger partial charge >= 0.3 is 0 Å². The topological polar surface area (TPSA) is 71.3 Å². The van der Waals surface area contributed by atoms with Crippen LogP contribution in [0.5, 0.6) is 0 Å². The number of carbonyl (C=O) groups excluding carboxylic acids is 1. The standard InChI is InChI=1S/C14H24N4O2S/c1-14(2,3)15-11(19)10-21-13-17-16-12(20-13)9-18-7-5-4-6-8-18/h4-10H2,1-3H3,(H,15,19). The Kier molecular flexibility index (Phi) is 5.64. The van der Waals surface area contributed by atoms with E-state index in [0.717, 1.165) is 13.1 Å². The van der Waals surface area contributed by atoms with Crippen LogP contribution in [-0.2, 0) is 11.3 Å². The summed E-state index contributed by atoms with van der Waals surface area (Å²) in [5.74, 6) is 0.904. The van der Waals surface area contributed by atoms with Crippen LogP contribution in [0.1, 0.15) is 45.9 Å². The Labute approximate surface area is 130 Å². The van der Waals surface area contributed by atoms with Crippen LogP contribution in [0.4, 0.5) is 0 Å². The first-order valence-electron chi connectivity index (χ1n) is 7.41. The third-order valence-corrected chi connectivity index (χ3v) is 3.92. The second-order valence-corrected chi connectivity index (χ2v) is 7.31. The number of nitrogens with one attached hydrogen (secondary N) is 1. The molecule has 1 aromatic heterocycles. The highest BCUT2D eigenvalue weighted by molar-refractivity contribution is 7.99. The first-order valence-corrected chi connectivity index (χ1v) is 8.39. The number of aromatic nitrogens is 2. The molecule has 2 rings (SSSR count). The van der Waals surface area contributed by atoms with Crippen molar-refractivity contribution in [1.29, 1.82) is 0 Å². The molecule has 0 aromatic carbocycles. The van der Waals surface area contributed by atoms with Gasteiger partial charge < -0.3 is 9.73 Å². The molecule has 1 aliphatic rings. The number of rotatable bonds is 5. The third-order valence-electron chi connectivity index (χ3n) is 3.10. The van der Waals surface area contributed by atoms with Crippen LogP contribution >= 0.6 is 11.8 Å². The fraction of sp³-hybridized carbons (Fsp3) is 0.786. The number of hydrogen-bond donors (Lipinski definition) is 1. The van der Waals surface area contributed by atoms with E-state index in [0.29, 0.717) is 23.4 Å². The Bertz CT molecular complexity index is 464. The Morgan fingerprint density at radius 3 is 2.67 bits per heavy atom. The van der Waals surface area contributed by atoms with Crippen molar-refractivity contribution >= 4 is 17.7 Å². The molecule has 6 nitrogen and oxygen atoms in total. The van der Waals surface area contributed by atoms with Crippen LogP contribution in [0, 0.1) is 0 Å². The minimum atomic E-state index is -0.216. The average molecular weight is 312 g/mol. The predicted molar refractivity (Wildman–Crippen MR) is 82.0 cm³/mol. The second-order valence-electron chi connectivity index (χ2n) is 6.39. The molecule has 1 aliphatic heterocycles. The van der Waals surface area contributed by atoms with Crippen molar-refractivity contribution in [2.75, 3.05) is 18.8 Å². The average Bonchev–Trinajstić information content (AvgIpc) is 2.83. The van der Waals surface area contributed by atoms with Crippen LogP contribution in [0.3, 0.4) is 0 Å². The third kappa shape index (κ3) is 6.05. The van der Waals surface area contributed by atoms with Gasteiger partial charge in [0.15, 0.2) is 0 Å². The Hall–Kier alpha value is -1.08. The van der Waals surface area contributed by atoms with E-state index in [4.69, 9.17) is 4.42 Å². The summed E-state index contributed by atoms with van der Waals surface area (Å²) < 4.78 is 5.59. The molecule has 118 valence electrons. The van der Waals surface area contributed by atoms with E-state index in [1.54, 1.807) is 0 Å². The predicted octanol–water partition coefficient (Wildman–Crippen LogP) is 2.06. The van der Waals surface area contributed by atoms with Crippen molar-refractivity contribution in [3.8, 4) is 0 Å². The van der Waals surface area contributed by atoms with Crippen molar-refractivity contribution in [2.45, 2.75) is 57.3 Å². The fourth-order valence-corrected chi connectivity index (χ4v) is 2.83. The van der Waals surface area contributed by atoms with Gasteiger partial charge in [0.25, 0.3) is 5.22 Å². The highest BCUT2D eigenvalue weighted by atomic mass is 32.2. The Morgan fingerprint density at radius 1 is 1.29 bits per heavy atom. The van der Waals surface area contributed by atoms with E-state index < -0.39 is 0 Å². The molecular formula is C14H24N4O2S. The molecule has 0 aliphatic carbocycles. The number of likely N-dealkylation sites (tertiary alicyclic amines) is 1. The molecule has 0 unspecified atom stereocenters. The first-order chi connectivity index (χ1) is 9.92. The van der Waals surface area contributed by atoms with Gasteiger partial charge in [-0.25, -0.2) is 0 Å². The highest BCUT2D eigenvalue weighted by Crippen LogP contribution is 2.18. The van der Waals surface area contributed by atoms with E-state index in [1.807, 2.05) is 20.8 Å². The smallest absolute Gasteiger partial charge is 0.277 e. The molecule has 0 saturated carbocycles. The monoisotopic (exact) mass is 312 g/mol. The van der Waals surface area contributed by atoms with Gasteiger partial charge in [-0.2, -0.15) is 0 Å². The van der Waals surface area contributed by atoms with Crippen LogP contribution in [0.2, 0.25) is 0 Å². The Morgan fingerprint density at radius 2 is 2.00 bits per heavy atom. The number of piperidine rings is 1. The van der Waals surface area contributed by atoms with E-state index in [1.165, 1.54) is 31.0 Å². The highest BCUT2D eigenvalue weighted by Gasteiger charge is 2.17.